The van der Waals surface area contributed by atoms with Gasteiger partial charge in [-0.25, -0.2) is 17.1 Å². The highest BCUT2D eigenvalue weighted by molar-refractivity contribution is 7.88. The van der Waals surface area contributed by atoms with Crippen molar-refractivity contribution in [2.75, 3.05) is 33.0 Å². The lowest BCUT2D eigenvalue weighted by Crippen LogP contribution is -2.39. The van der Waals surface area contributed by atoms with Crippen LogP contribution in [0.3, 0.4) is 0 Å². The summed E-state index contributed by atoms with van der Waals surface area (Å²) >= 11 is 0. The zero-order valence-electron chi connectivity index (χ0n) is 15.3. The summed E-state index contributed by atoms with van der Waals surface area (Å²) < 4.78 is 43.4. The topological polar surface area (TPSA) is 75.7 Å². The highest BCUT2D eigenvalue weighted by Crippen LogP contribution is 2.16. The molecule has 0 fully saturated rings. The van der Waals surface area contributed by atoms with Crippen molar-refractivity contribution in [1.82, 2.24) is 9.62 Å². The molecule has 146 valence electrons. The van der Waals surface area contributed by atoms with Gasteiger partial charge >= 0.3 is 0 Å². The summed E-state index contributed by atoms with van der Waals surface area (Å²) in [6, 6.07) is 12.7. The van der Waals surface area contributed by atoms with Gasteiger partial charge in [-0.1, -0.05) is 24.3 Å². The van der Waals surface area contributed by atoms with Crippen LogP contribution in [0, 0.1) is 5.82 Å². The van der Waals surface area contributed by atoms with Crippen LogP contribution in [0.5, 0.6) is 5.75 Å². The maximum Gasteiger partial charge on any atom is 0.255 e. The number of para-hydroxylation sites is 1. The fourth-order valence-electron chi connectivity index (χ4n) is 2.57. The molecule has 0 aliphatic heterocycles. The Morgan fingerprint density at radius 1 is 1.11 bits per heavy atom. The average molecular weight is 394 g/mol. The molecule has 8 heteroatoms. The normalized spacial score (nSPS) is 11.4. The number of rotatable bonds is 9. The predicted octanol–water partition coefficient (Wildman–Crippen LogP) is 2.07. The fourth-order valence-corrected chi connectivity index (χ4v) is 3.42. The van der Waals surface area contributed by atoms with E-state index >= 15 is 0 Å². The van der Waals surface area contributed by atoms with Crippen molar-refractivity contribution < 1.29 is 22.3 Å². The van der Waals surface area contributed by atoms with Crippen molar-refractivity contribution in [3.8, 4) is 5.75 Å². The third-order valence-corrected chi connectivity index (χ3v) is 5.33. The molecule has 0 radical (unpaired) electrons. The minimum absolute atomic E-state index is 0.140. The number of methoxy groups -OCH3 is 1. The summed E-state index contributed by atoms with van der Waals surface area (Å²) in [6.07, 6.45) is 1.58. The number of hydrogen-bond acceptors (Lipinski definition) is 4. The van der Waals surface area contributed by atoms with Crippen LogP contribution in [0.2, 0.25) is 0 Å². The minimum Gasteiger partial charge on any atom is -0.496 e. The van der Waals surface area contributed by atoms with Crippen LogP contribution in [0.1, 0.15) is 15.9 Å². The van der Waals surface area contributed by atoms with Crippen LogP contribution in [0.25, 0.3) is 0 Å². The monoisotopic (exact) mass is 394 g/mol. The van der Waals surface area contributed by atoms with E-state index in [1.807, 2.05) is 0 Å². The molecule has 6 nitrogen and oxygen atoms in total. The number of ether oxygens (including phenoxy) is 1. The first-order valence-electron chi connectivity index (χ1n) is 8.42. The lowest BCUT2D eigenvalue weighted by molar-refractivity contribution is 0.0948. The zero-order chi connectivity index (χ0) is 19.9. The Balaban J connectivity index is 1.92. The van der Waals surface area contributed by atoms with Crippen molar-refractivity contribution >= 4 is 15.9 Å². The molecule has 2 rings (SSSR count). The molecule has 2 aromatic carbocycles. The Morgan fingerprint density at radius 3 is 2.41 bits per heavy atom. The Morgan fingerprint density at radius 2 is 1.78 bits per heavy atom. The molecule has 0 spiro atoms. The molecule has 0 atom stereocenters. The molecular formula is C19H23FN2O4S. The molecule has 0 bridgehead atoms. The fraction of sp³-hybridized carbons (Fsp3) is 0.316. The number of carbonyl (C=O) groups excluding carboxylic acids is 1. The van der Waals surface area contributed by atoms with Gasteiger partial charge in [0, 0.05) is 19.6 Å². The number of amides is 1. The van der Waals surface area contributed by atoms with Crippen molar-refractivity contribution in [2.45, 2.75) is 6.42 Å². The van der Waals surface area contributed by atoms with Gasteiger partial charge in [0.05, 0.1) is 18.9 Å². The van der Waals surface area contributed by atoms with Gasteiger partial charge in [-0.2, -0.15) is 0 Å². The summed E-state index contributed by atoms with van der Waals surface area (Å²) in [4.78, 5) is 12.3. The number of hydrogen-bond donors (Lipinski definition) is 1. The lowest BCUT2D eigenvalue weighted by atomic mass is 10.1. The number of halogens is 1. The third kappa shape index (κ3) is 6.33. The van der Waals surface area contributed by atoms with Gasteiger partial charge in [-0.15, -0.1) is 0 Å². The van der Waals surface area contributed by atoms with Crippen molar-refractivity contribution in [3.05, 3.63) is 65.5 Å². The molecule has 0 heterocycles. The smallest absolute Gasteiger partial charge is 0.255 e. The minimum atomic E-state index is -3.44. The van der Waals surface area contributed by atoms with Gasteiger partial charge < -0.3 is 10.1 Å². The molecule has 0 aliphatic carbocycles. The van der Waals surface area contributed by atoms with Gasteiger partial charge in [-0.05, 0) is 36.2 Å². The number of carbonyl (C=O) groups is 1. The second kappa shape index (κ2) is 9.48. The molecule has 1 amide bonds. The summed E-state index contributed by atoms with van der Waals surface area (Å²) in [6.45, 7) is 0.545. The Labute approximate surface area is 159 Å². The van der Waals surface area contributed by atoms with E-state index in [4.69, 9.17) is 4.74 Å². The van der Waals surface area contributed by atoms with Gasteiger partial charge in [0.2, 0.25) is 10.0 Å². The summed E-state index contributed by atoms with van der Waals surface area (Å²) in [5, 5.41) is 2.71. The number of nitrogens with zero attached hydrogens (tertiary/aromatic N) is 1. The van der Waals surface area contributed by atoms with E-state index < -0.39 is 10.0 Å². The molecule has 0 saturated heterocycles. The highest BCUT2D eigenvalue weighted by Gasteiger charge is 2.17. The lowest BCUT2D eigenvalue weighted by Gasteiger charge is -2.20. The van der Waals surface area contributed by atoms with E-state index in [0.29, 0.717) is 17.7 Å². The summed E-state index contributed by atoms with van der Waals surface area (Å²) in [5.74, 6) is -0.219. The number of nitrogens with one attached hydrogen (secondary N) is 1. The van der Waals surface area contributed by atoms with Crippen LogP contribution in [0.4, 0.5) is 4.39 Å². The summed E-state index contributed by atoms with van der Waals surface area (Å²) in [5.41, 5.74) is 1.22. The van der Waals surface area contributed by atoms with E-state index in [2.05, 4.69) is 5.32 Å². The molecule has 27 heavy (non-hydrogen) atoms. The SMILES string of the molecule is COc1ccccc1C(=O)NCCN(CCc1ccc(F)cc1)S(C)(=O)=O. The van der Waals surface area contributed by atoms with Crippen LogP contribution in [-0.2, 0) is 16.4 Å². The first-order valence-corrected chi connectivity index (χ1v) is 10.3. The Hall–Kier alpha value is -2.45. The summed E-state index contributed by atoms with van der Waals surface area (Å²) in [7, 11) is -1.96. The largest absolute Gasteiger partial charge is 0.496 e. The van der Waals surface area contributed by atoms with Crippen molar-refractivity contribution in [1.29, 1.82) is 0 Å². The molecule has 2 aromatic rings. The predicted molar refractivity (Wildman–Crippen MR) is 102 cm³/mol. The van der Waals surface area contributed by atoms with Crippen LogP contribution < -0.4 is 10.1 Å². The maximum atomic E-state index is 13.0. The van der Waals surface area contributed by atoms with Crippen LogP contribution in [-0.4, -0.2) is 51.6 Å². The molecule has 0 saturated carbocycles. The molecule has 1 N–H and O–H groups in total. The third-order valence-electron chi connectivity index (χ3n) is 4.03. The second-order valence-corrected chi connectivity index (χ2v) is 7.98. The van der Waals surface area contributed by atoms with Crippen molar-refractivity contribution in [2.24, 2.45) is 0 Å². The Kier molecular flexibility index (Phi) is 7.32. The van der Waals surface area contributed by atoms with Gasteiger partial charge in [0.1, 0.15) is 11.6 Å². The molecule has 0 unspecified atom stereocenters. The van der Waals surface area contributed by atoms with Crippen LogP contribution >= 0.6 is 0 Å². The molecular weight excluding hydrogens is 371 g/mol. The van der Waals surface area contributed by atoms with Gasteiger partial charge in [0.25, 0.3) is 5.91 Å². The van der Waals surface area contributed by atoms with E-state index in [9.17, 15) is 17.6 Å². The average Bonchev–Trinajstić information content (AvgIpc) is 2.64. The van der Waals surface area contributed by atoms with E-state index in [1.54, 1.807) is 36.4 Å². The first-order chi connectivity index (χ1) is 12.8. The Bertz CT molecular complexity index is 870. The number of sulfonamides is 1. The van der Waals surface area contributed by atoms with E-state index in [-0.39, 0.29) is 31.4 Å². The van der Waals surface area contributed by atoms with Gasteiger partial charge in [0.15, 0.2) is 0 Å². The van der Waals surface area contributed by atoms with E-state index in [1.165, 1.54) is 23.5 Å². The second-order valence-electron chi connectivity index (χ2n) is 5.99. The zero-order valence-corrected chi connectivity index (χ0v) is 16.1. The van der Waals surface area contributed by atoms with Crippen molar-refractivity contribution in [3.63, 3.8) is 0 Å². The maximum absolute atomic E-state index is 13.0. The molecule has 0 aromatic heterocycles. The molecule has 0 aliphatic rings. The highest BCUT2D eigenvalue weighted by atomic mass is 32.2. The standard InChI is InChI=1S/C19H23FN2O4S/c1-26-18-6-4-3-5-17(18)19(23)21-12-14-22(27(2,24)25)13-11-15-7-9-16(20)10-8-15/h3-10H,11-14H2,1-2H3,(H,21,23). The number of benzene rings is 2. The van der Waals surface area contributed by atoms with Gasteiger partial charge in [-0.3, -0.25) is 4.79 Å². The first kappa shape index (κ1) is 20.9. The van der Waals surface area contributed by atoms with Crippen LogP contribution in [0.15, 0.2) is 48.5 Å². The quantitative estimate of drug-likeness (QED) is 0.707. The van der Waals surface area contributed by atoms with E-state index in [0.717, 1.165) is 11.8 Å².